The van der Waals surface area contributed by atoms with Crippen LogP contribution < -0.4 is 0 Å². The molecule has 0 spiro atoms. The Morgan fingerprint density at radius 1 is 0.360 bits per heavy atom. The Hall–Kier alpha value is -10.9. The van der Waals surface area contributed by atoms with Crippen LogP contribution in [0.5, 0.6) is 11.5 Å². The third-order valence-electron chi connectivity index (χ3n) is 16.7. The van der Waals surface area contributed by atoms with E-state index in [1.165, 1.54) is 37.2 Å². The molecule has 526 valence electrons. The molecule has 0 aliphatic rings. The summed E-state index contributed by atoms with van der Waals surface area (Å²) >= 11 is 0. The summed E-state index contributed by atoms with van der Waals surface area (Å²) in [6.45, 7) is 29.9. The minimum atomic E-state index is -0.830. The Kier molecular flexibility index (Phi) is 22.0. The number of para-hydroxylation sites is 4. The van der Waals surface area contributed by atoms with Crippen LogP contribution >= 0.6 is 0 Å². The van der Waals surface area contributed by atoms with Crippen molar-refractivity contribution in [1.82, 2.24) is 60.0 Å². The van der Waals surface area contributed by atoms with Crippen LogP contribution in [0.25, 0.3) is 67.8 Å². The van der Waals surface area contributed by atoms with Gasteiger partial charge in [0, 0.05) is 61.8 Å². The minimum absolute atomic E-state index is 0.0262. The van der Waals surface area contributed by atoms with E-state index in [1.54, 1.807) is 90.3 Å². The zero-order chi connectivity index (χ0) is 72.8. The second-order valence-electron chi connectivity index (χ2n) is 28.9. The highest BCUT2D eigenvalue weighted by atomic mass is 16.3. The molecule has 2 unspecified atom stereocenters. The summed E-state index contributed by atoms with van der Waals surface area (Å²) in [5.74, 6) is -1.89. The van der Waals surface area contributed by atoms with Crippen LogP contribution in [0.15, 0.2) is 140 Å². The quantitative estimate of drug-likeness (QED) is 0.0206. The van der Waals surface area contributed by atoms with Gasteiger partial charge in [0.2, 0.25) is 0 Å². The molecule has 26 nitrogen and oxygen atoms in total. The molecule has 2 atom stereocenters. The van der Waals surface area contributed by atoms with Crippen molar-refractivity contribution in [3.05, 3.63) is 110 Å². The lowest BCUT2D eigenvalue weighted by Gasteiger charge is -2.18. The van der Waals surface area contributed by atoms with Crippen molar-refractivity contribution in [2.45, 2.75) is 162 Å². The van der Waals surface area contributed by atoms with Crippen molar-refractivity contribution in [3.8, 4) is 79.3 Å². The molecule has 4 aromatic heterocycles. The van der Waals surface area contributed by atoms with E-state index in [1.807, 2.05) is 91.8 Å². The lowest BCUT2D eigenvalue weighted by Crippen LogP contribution is -2.19. The molecule has 26 heteroatoms. The Labute approximate surface area is 582 Å². The molecule has 0 saturated heterocycles. The fourth-order valence-corrected chi connectivity index (χ4v) is 10.3. The van der Waals surface area contributed by atoms with Gasteiger partial charge in [-0.3, -0.25) is 0 Å². The molecule has 9 rings (SSSR count). The van der Waals surface area contributed by atoms with E-state index < -0.39 is 33.2 Å². The molecule has 9 aromatic rings. The Morgan fingerprint density at radius 2 is 0.640 bits per heavy atom. The average Bonchev–Trinajstić information content (AvgIpc) is 1.55. The predicted octanol–water partition coefficient (Wildman–Crippen LogP) is 18.2. The van der Waals surface area contributed by atoms with E-state index in [9.17, 15) is 40.9 Å². The largest absolute Gasteiger partial charge is 0.506 e. The smallest absolute Gasteiger partial charge is 0.191 e. The van der Waals surface area contributed by atoms with Crippen molar-refractivity contribution >= 4 is 69.5 Å². The second kappa shape index (κ2) is 30.1. The van der Waals surface area contributed by atoms with E-state index >= 15 is 0 Å². The molecular formula is C74H92N18O8. The Morgan fingerprint density at radius 3 is 0.910 bits per heavy atom. The first kappa shape index (κ1) is 73.3. The Balaban J connectivity index is 1.17. The van der Waals surface area contributed by atoms with Crippen LogP contribution in [0.3, 0.4) is 0 Å². The van der Waals surface area contributed by atoms with Crippen LogP contribution in [0.1, 0.15) is 162 Å². The predicted molar refractivity (Wildman–Crippen MR) is 394 cm³/mol. The van der Waals surface area contributed by atoms with Crippen molar-refractivity contribution in [3.63, 3.8) is 0 Å². The van der Waals surface area contributed by atoms with Crippen molar-refractivity contribution in [2.24, 2.45) is 63.5 Å². The third-order valence-corrected chi connectivity index (χ3v) is 16.7. The van der Waals surface area contributed by atoms with Gasteiger partial charge in [0.25, 0.3) is 0 Å². The van der Waals surface area contributed by atoms with Gasteiger partial charge in [-0.25, -0.2) is 48.7 Å². The maximum absolute atomic E-state index is 11.7. The first-order valence-electron chi connectivity index (χ1n) is 33.7. The summed E-state index contributed by atoms with van der Waals surface area (Å²) in [5, 5.41) is 128. The van der Waals surface area contributed by atoms with Gasteiger partial charge in [0.1, 0.15) is 45.6 Å². The molecule has 5 aromatic carbocycles. The average molecular weight is 1360 g/mol. The summed E-state index contributed by atoms with van der Waals surface area (Å²) in [5.41, 5.74) is 1.92. The van der Waals surface area contributed by atoms with Crippen LogP contribution in [0, 0.1) is 33.5 Å². The Bertz CT molecular complexity index is 4330. The number of hydrogen-bond acceptors (Lipinski definition) is 16. The lowest BCUT2D eigenvalue weighted by atomic mass is 9.95. The van der Waals surface area contributed by atoms with Gasteiger partial charge in [0.05, 0.1) is 70.3 Å². The van der Waals surface area contributed by atoms with Gasteiger partial charge in [0.15, 0.2) is 35.4 Å². The van der Waals surface area contributed by atoms with Crippen molar-refractivity contribution < 1.29 is 40.9 Å². The lowest BCUT2D eigenvalue weighted by molar-refractivity contribution is 0.426. The fraction of sp³-hybridized carbons (Fsp3) is 0.405. The number of aliphatic hydroxyl groups is 6. The SMILES string of the molecule is CCCCC(CC)C(O)=Nc1ccccc1-n1cc(-c2cc(-c3cn(-c4cc(-n5cc(-c6cc(-c7cn(-c8ccccc8N=C(O)C(CC)CCCC)nn7)c(N=C(O)C(C)(C)C)cc6N=C(O)C(C)(C)C)nn5)c(O)cc4O)nn3)c(N=C(O)C(C)(C)C)cc2N=C(O)C(C)(C)C)nn1. The highest BCUT2D eigenvalue weighted by molar-refractivity contribution is 5.95. The number of phenolic OH excluding ortho intramolecular Hbond substituents is 2. The molecule has 0 radical (unpaired) electrons. The molecule has 4 heterocycles. The van der Waals surface area contributed by atoms with E-state index in [0.29, 0.717) is 69.2 Å². The maximum Gasteiger partial charge on any atom is 0.191 e. The standard InChI is InChI=1S/C74H92N18O8/c1-17-21-27-43(19-3)65(95)75-49-29-23-25-31-59(49)89-39-55(81-85-89)45-33-47(53(79-69(99)73(11,12)13)35-51(45)77-67(97)71(5,6)7)57-41-91(87-83-57)61-37-62(64(94)38-63(61)93)92-42-58(84-88-92)48-34-46(52(78-68(98)72(8,9)10)36-54(48)80-70(100)74(14,15)16)56-40-90(86-82-56)60-32-26-24-30-50(60)76-66(96)44(20-4)28-22-18-2/h23-26,29-44,93-94H,17-22,27-28H2,1-16H3,(H,75,95)(H,76,96)(H,77,97)(H,78,98)(H,79,99)(H,80,100). The second-order valence-corrected chi connectivity index (χ2v) is 28.9. The van der Waals surface area contributed by atoms with Crippen LogP contribution in [0.2, 0.25) is 0 Å². The van der Waals surface area contributed by atoms with Gasteiger partial charge < -0.3 is 40.9 Å². The molecule has 0 amide bonds. The number of phenols is 2. The van der Waals surface area contributed by atoms with Gasteiger partial charge >= 0.3 is 0 Å². The molecule has 0 fully saturated rings. The number of benzene rings is 5. The molecule has 0 aliphatic carbocycles. The molecule has 8 N–H and O–H groups in total. The minimum Gasteiger partial charge on any atom is -0.506 e. The normalized spacial score (nSPS) is 14.1. The number of aromatic hydroxyl groups is 2. The summed E-state index contributed by atoms with van der Waals surface area (Å²) in [7, 11) is 0. The first-order chi connectivity index (χ1) is 47.2. The number of aliphatic imine (C=N–C) groups is 6. The van der Waals surface area contributed by atoms with Gasteiger partial charge in [-0.05, 0) is 80.3 Å². The zero-order valence-electron chi connectivity index (χ0n) is 59.8. The number of aliphatic hydroxyl groups excluding tert-OH is 6. The van der Waals surface area contributed by atoms with E-state index in [0.717, 1.165) is 44.6 Å². The van der Waals surface area contributed by atoms with E-state index in [4.69, 9.17) is 20.0 Å². The number of rotatable bonds is 24. The summed E-state index contributed by atoms with van der Waals surface area (Å²) < 4.78 is 5.64. The molecule has 0 bridgehead atoms. The maximum atomic E-state index is 11.7. The molecule has 0 aliphatic heterocycles. The van der Waals surface area contributed by atoms with E-state index in [2.05, 4.69) is 65.1 Å². The highest BCUT2D eigenvalue weighted by Crippen LogP contribution is 2.45. The monoisotopic (exact) mass is 1360 g/mol. The van der Waals surface area contributed by atoms with Crippen LogP contribution in [0.4, 0.5) is 34.1 Å². The number of hydrogen-bond donors (Lipinski definition) is 8. The van der Waals surface area contributed by atoms with Crippen LogP contribution in [-0.4, -0.2) is 136 Å². The molecule has 0 saturated carbocycles. The fourth-order valence-electron chi connectivity index (χ4n) is 10.3. The highest BCUT2D eigenvalue weighted by Gasteiger charge is 2.29. The van der Waals surface area contributed by atoms with E-state index in [-0.39, 0.29) is 92.7 Å². The van der Waals surface area contributed by atoms with Crippen LogP contribution in [-0.2, 0) is 0 Å². The topological polar surface area (TPSA) is 359 Å². The van der Waals surface area contributed by atoms with Crippen molar-refractivity contribution in [1.29, 1.82) is 0 Å². The molecular weight excluding hydrogens is 1270 g/mol. The summed E-state index contributed by atoms with van der Waals surface area (Å²) in [4.78, 5) is 28.3. The summed E-state index contributed by atoms with van der Waals surface area (Å²) in [6, 6.07) is 23.6. The van der Waals surface area contributed by atoms with Gasteiger partial charge in [-0.15, -0.1) is 20.4 Å². The summed E-state index contributed by atoms with van der Waals surface area (Å²) in [6.07, 6.45) is 13.2. The van der Waals surface area contributed by atoms with Gasteiger partial charge in [-0.1, -0.05) is 182 Å². The zero-order valence-corrected chi connectivity index (χ0v) is 59.8. The molecule has 100 heavy (non-hydrogen) atoms. The van der Waals surface area contributed by atoms with Crippen molar-refractivity contribution in [2.75, 3.05) is 0 Å². The number of nitrogens with zero attached hydrogens (tertiary/aromatic N) is 18. The third kappa shape index (κ3) is 17.0. The number of unbranched alkanes of at least 4 members (excludes halogenated alkanes) is 2. The van der Waals surface area contributed by atoms with Gasteiger partial charge in [-0.2, -0.15) is 0 Å². The number of aromatic nitrogens is 12. The first-order valence-corrected chi connectivity index (χ1v) is 33.7.